The van der Waals surface area contributed by atoms with Crippen molar-refractivity contribution in [3.63, 3.8) is 0 Å². The van der Waals surface area contributed by atoms with Gasteiger partial charge in [0.05, 0.1) is 25.1 Å². The molecule has 6 nitrogen and oxygen atoms in total. The maximum absolute atomic E-state index is 12.3. The lowest BCUT2D eigenvalue weighted by atomic mass is 10.1. The van der Waals surface area contributed by atoms with Crippen LogP contribution in [-0.4, -0.2) is 23.9 Å². The molecule has 6 heteroatoms. The number of hydrogen-bond acceptors (Lipinski definition) is 5. The molecule has 0 aliphatic carbocycles. The van der Waals surface area contributed by atoms with Crippen molar-refractivity contribution in [3.05, 3.63) is 64.2 Å². The Morgan fingerprint density at radius 2 is 1.79 bits per heavy atom. The highest BCUT2D eigenvalue weighted by molar-refractivity contribution is 5.77. The molecule has 1 heterocycles. The van der Waals surface area contributed by atoms with Crippen LogP contribution in [0.4, 0.5) is 0 Å². The molecule has 3 aromatic rings. The second-order valence-electron chi connectivity index (χ2n) is 5.41. The fraction of sp³-hybridized carbons (Fsp3) is 0.222. The van der Waals surface area contributed by atoms with Crippen molar-refractivity contribution in [1.29, 1.82) is 0 Å². The molecule has 0 radical (unpaired) electrons. The van der Waals surface area contributed by atoms with Gasteiger partial charge in [0, 0.05) is 6.42 Å². The van der Waals surface area contributed by atoms with Crippen LogP contribution in [0.5, 0.6) is 11.5 Å². The molecule has 0 aliphatic heterocycles. The Hall–Kier alpha value is -3.02. The van der Waals surface area contributed by atoms with Gasteiger partial charge in [-0.05, 0) is 36.2 Å². The molecular formula is C18H19N3O3. The number of benzene rings is 2. The van der Waals surface area contributed by atoms with Crippen LogP contribution >= 0.6 is 0 Å². The summed E-state index contributed by atoms with van der Waals surface area (Å²) in [4.78, 5) is 16.8. The van der Waals surface area contributed by atoms with Gasteiger partial charge in [0.15, 0.2) is 11.5 Å². The van der Waals surface area contributed by atoms with Crippen LogP contribution in [0.1, 0.15) is 11.4 Å². The quantitative estimate of drug-likeness (QED) is 0.725. The molecule has 0 spiro atoms. The molecule has 1 aromatic heterocycles. The Balaban J connectivity index is 1.88. The van der Waals surface area contributed by atoms with E-state index in [1.807, 2.05) is 30.3 Å². The number of fused-ring (bicyclic) bond motifs is 1. The minimum absolute atomic E-state index is 0.233. The molecule has 3 rings (SSSR count). The van der Waals surface area contributed by atoms with Crippen LogP contribution < -0.4 is 20.9 Å². The van der Waals surface area contributed by atoms with Gasteiger partial charge in [0.2, 0.25) is 0 Å². The van der Waals surface area contributed by atoms with E-state index < -0.39 is 0 Å². The van der Waals surface area contributed by atoms with Crippen molar-refractivity contribution in [2.45, 2.75) is 12.8 Å². The van der Waals surface area contributed by atoms with Crippen molar-refractivity contribution in [1.82, 2.24) is 9.66 Å². The first-order valence-corrected chi connectivity index (χ1v) is 7.60. The number of methoxy groups -OCH3 is 2. The third kappa shape index (κ3) is 2.90. The SMILES string of the molecule is COc1ccc(CCc2nc3ccccc3c(=O)n2N)cc1OC. The zero-order valence-corrected chi connectivity index (χ0v) is 13.7. The Labute approximate surface area is 139 Å². The Morgan fingerprint density at radius 3 is 2.54 bits per heavy atom. The van der Waals surface area contributed by atoms with E-state index in [2.05, 4.69) is 4.98 Å². The molecule has 0 saturated heterocycles. The van der Waals surface area contributed by atoms with Crippen molar-refractivity contribution in [3.8, 4) is 11.5 Å². The summed E-state index contributed by atoms with van der Waals surface area (Å²) in [5.41, 5.74) is 1.48. The zero-order chi connectivity index (χ0) is 17.1. The van der Waals surface area contributed by atoms with Crippen LogP contribution in [0, 0.1) is 0 Å². The van der Waals surface area contributed by atoms with Gasteiger partial charge in [-0.3, -0.25) is 4.79 Å². The van der Waals surface area contributed by atoms with E-state index in [0.29, 0.717) is 41.1 Å². The monoisotopic (exact) mass is 325 g/mol. The highest BCUT2D eigenvalue weighted by Gasteiger charge is 2.10. The third-order valence-electron chi connectivity index (χ3n) is 3.97. The van der Waals surface area contributed by atoms with Gasteiger partial charge < -0.3 is 15.3 Å². The first kappa shape index (κ1) is 15.9. The zero-order valence-electron chi connectivity index (χ0n) is 13.7. The minimum atomic E-state index is -0.233. The lowest BCUT2D eigenvalue weighted by Gasteiger charge is -2.11. The summed E-state index contributed by atoms with van der Waals surface area (Å²) in [5.74, 6) is 7.82. The average molecular weight is 325 g/mol. The average Bonchev–Trinajstić information content (AvgIpc) is 2.63. The largest absolute Gasteiger partial charge is 0.493 e. The normalized spacial score (nSPS) is 10.8. The standard InChI is InChI=1S/C18H19N3O3/c1-23-15-9-7-12(11-16(15)24-2)8-10-17-20-14-6-4-3-5-13(14)18(22)21(17)19/h3-7,9,11H,8,10,19H2,1-2H3. The van der Waals surface area contributed by atoms with E-state index in [-0.39, 0.29) is 5.56 Å². The lowest BCUT2D eigenvalue weighted by Crippen LogP contribution is -2.31. The van der Waals surface area contributed by atoms with E-state index in [0.717, 1.165) is 10.2 Å². The molecule has 124 valence electrons. The summed E-state index contributed by atoms with van der Waals surface area (Å²) in [5, 5.41) is 0.523. The van der Waals surface area contributed by atoms with Gasteiger partial charge in [-0.1, -0.05) is 18.2 Å². The molecule has 0 bridgehead atoms. The van der Waals surface area contributed by atoms with Crippen LogP contribution in [-0.2, 0) is 12.8 Å². The second-order valence-corrected chi connectivity index (χ2v) is 5.41. The fourth-order valence-corrected chi connectivity index (χ4v) is 2.66. The number of aryl methyl sites for hydroxylation is 2. The molecule has 0 atom stereocenters. The molecule has 0 unspecified atom stereocenters. The Morgan fingerprint density at radius 1 is 1.04 bits per heavy atom. The van der Waals surface area contributed by atoms with Gasteiger partial charge in [0.1, 0.15) is 5.82 Å². The molecule has 0 aliphatic rings. The third-order valence-corrected chi connectivity index (χ3v) is 3.97. The molecule has 24 heavy (non-hydrogen) atoms. The Kier molecular flexibility index (Phi) is 4.37. The van der Waals surface area contributed by atoms with Gasteiger partial charge in [-0.15, -0.1) is 0 Å². The maximum atomic E-state index is 12.3. The van der Waals surface area contributed by atoms with Crippen LogP contribution in [0.3, 0.4) is 0 Å². The number of hydrogen-bond donors (Lipinski definition) is 1. The number of nitrogen functional groups attached to an aromatic ring is 1. The number of rotatable bonds is 5. The van der Waals surface area contributed by atoms with E-state index in [9.17, 15) is 4.79 Å². The van der Waals surface area contributed by atoms with Crippen LogP contribution in [0.25, 0.3) is 10.9 Å². The summed E-state index contributed by atoms with van der Waals surface area (Å²) < 4.78 is 11.7. The van der Waals surface area contributed by atoms with Crippen LogP contribution in [0.15, 0.2) is 47.3 Å². The number of ether oxygens (including phenoxy) is 2. The maximum Gasteiger partial charge on any atom is 0.279 e. The topological polar surface area (TPSA) is 79.4 Å². The van der Waals surface area contributed by atoms with Gasteiger partial charge in [-0.25, -0.2) is 9.66 Å². The number of nitrogens with two attached hydrogens (primary N) is 1. The predicted molar refractivity (Wildman–Crippen MR) is 93.1 cm³/mol. The van der Waals surface area contributed by atoms with E-state index in [4.69, 9.17) is 15.3 Å². The van der Waals surface area contributed by atoms with Gasteiger partial charge in [0.25, 0.3) is 5.56 Å². The molecule has 0 amide bonds. The first-order valence-electron chi connectivity index (χ1n) is 7.60. The summed E-state index contributed by atoms with van der Waals surface area (Å²) in [7, 11) is 3.20. The van der Waals surface area contributed by atoms with E-state index >= 15 is 0 Å². The molecule has 0 fully saturated rings. The van der Waals surface area contributed by atoms with E-state index in [1.165, 1.54) is 0 Å². The minimum Gasteiger partial charge on any atom is -0.493 e. The predicted octanol–water partition coefficient (Wildman–Crippen LogP) is 1.91. The summed E-state index contributed by atoms with van der Waals surface area (Å²) in [6.45, 7) is 0. The first-order chi connectivity index (χ1) is 11.6. The van der Waals surface area contributed by atoms with Crippen molar-refractivity contribution < 1.29 is 9.47 Å². The summed E-state index contributed by atoms with van der Waals surface area (Å²) in [6.07, 6.45) is 1.23. The smallest absolute Gasteiger partial charge is 0.279 e. The molecule has 0 saturated carbocycles. The van der Waals surface area contributed by atoms with Crippen LogP contribution in [0.2, 0.25) is 0 Å². The van der Waals surface area contributed by atoms with Crippen molar-refractivity contribution in [2.75, 3.05) is 20.1 Å². The molecular weight excluding hydrogens is 306 g/mol. The number of para-hydroxylation sites is 1. The lowest BCUT2D eigenvalue weighted by molar-refractivity contribution is 0.354. The van der Waals surface area contributed by atoms with Crippen molar-refractivity contribution >= 4 is 10.9 Å². The van der Waals surface area contributed by atoms with Crippen molar-refractivity contribution in [2.24, 2.45) is 0 Å². The summed E-state index contributed by atoms with van der Waals surface area (Å²) in [6, 6.07) is 12.9. The Bertz CT molecular complexity index is 934. The fourth-order valence-electron chi connectivity index (χ4n) is 2.66. The van der Waals surface area contributed by atoms with Gasteiger partial charge in [-0.2, -0.15) is 0 Å². The highest BCUT2D eigenvalue weighted by Crippen LogP contribution is 2.27. The van der Waals surface area contributed by atoms with E-state index in [1.54, 1.807) is 26.4 Å². The molecule has 2 N–H and O–H groups in total. The number of aromatic nitrogens is 2. The summed E-state index contributed by atoms with van der Waals surface area (Å²) >= 11 is 0. The van der Waals surface area contributed by atoms with Gasteiger partial charge >= 0.3 is 0 Å². The second kappa shape index (κ2) is 6.62. The molecule has 2 aromatic carbocycles. The highest BCUT2D eigenvalue weighted by atomic mass is 16.5. The number of nitrogens with zero attached hydrogens (tertiary/aromatic N) is 2.